The van der Waals surface area contributed by atoms with Crippen molar-refractivity contribution < 1.29 is 23.1 Å². The van der Waals surface area contributed by atoms with Crippen LogP contribution in [-0.2, 0) is 19.6 Å². The van der Waals surface area contributed by atoms with Crippen molar-refractivity contribution in [2.75, 3.05) is 11.4 Å². The number of nitrogens with one attached hydrogen (secondary N) is 2. The fourth-order valence-electron chi connectivity index (χ4n) is 3.04. The number of amides is 2. The molecule has 2 aromatic rings. The maximum atomic E-state index is 12.7. The number of nitrogens with zero attached hydrogens (tertiary/aromatic N) is 2. The number of thiocarbonyl (C=S) groups is 1. The van der Waals surface area contributed by atoms with E-state index in [1.165, 1.54) is 17.0 Å². The van der Waals surface area contributed by atoms with Crippen LogP contribution >= 0.6 is 23.8 Å². The molecule has 0 spiro atoms. The Kier molecular flexibility index (Phi) is 4.88. The van der Waals surface area contributed by atoms with E-state index in [1.54, 1.807) is 30.3 Å². The fourth-order valence-corrected chi connectivity index (χ4v) is 4.90. The highest BCUT2D eigenvalue weighted by Gasteiger charge is 2.38. The first-order valence-electron chi connectivity index (χ1n) is 8.45. The maximum absolute atomic E-state index is 12.7. The highest BCUT2D eigenvalue weighted by atomic mass is 35.5. The van der Waals surface area contributed by atoms with Crippen molar-refractivity contribution in [1.82, 2.24) is 15.2 Å². The summed E-state index contributed by atoms with van der Waals surface area (Å²) in [4.78, 5) is 26.1. The average Bonchev–Trinajstić information content (AvgIpc) is 2.98. The number of rotatable bonds is 3. The smallest absolute Gasteiger partial charge is 0.290 e. The predicted octanol–water partition coefficient (Wildman–Crippen LogP) is 1.52. The van der Waals surface area contributed by atoms with Gasteiger partial charge in [0.15, 0.2) is 11.5 Å². The van der Waals surface area contributed by atoms with E-state index in [0.717, 1.165) is 11.1 Å². The Morgan fingerprint density at radius 1 is 1.20 bits per heavy atom. The highest BCUT2D eigenvalue weighted by molar-refractivity contribution is 7.89. The summed E-state index contributed by atoms with van der Waals surface area (Å²) < 4.78 is 27.0. The Labute approximate surface area is 181 Å². The van der Waals surface area contributed by atoms with Crippen LogP contribution in [0.5, 0.6) is 0 Å². The number of fused-ring (bicyclic) bond motifs is 1. The normalized spacial score (nSPS) is 17.6. The molecule has 2 aliphatic heterocycles. The van der Waals surface area contributed by atoms with Crippen LogP contribution in [0.25, 0.3) is 5.76 Å². The summed E-state index contributed by atoms with van der Waals surface area (Å²) in [5.74, 6) is -1.94. The molecule has 2 heterocycles. The third-order valence-electron chi connectivity index (χ3n) is 4.40. The topological polar surface area (TPSA) is 119 Å². The first kappa shape index (κ1) is 20.1. The molecule has 12 heteroatoms. The van der Waals surface area contributed by atoms with Crippen LogP contribution in [0.4, 0.5) is 5.69 Å². The number of halogens is 1. The molecule has 0 aliphatic carbocycles. The summed E-state index contributed by atoms with van der Waals surface area (Å²) in [7, 11) is -4.15. The minimum absolute atomic E-state index is 0.00508. The SMILES string of the molecule is O=C(NN1CC(=O)N(c2ccccc2)C1=S)C1=C(O)c2ccc(Cl)cc2S(=O)(=O)N1. The summed E-state index contributed by atoms with van der Waals surface area (Å²) in [5, 5.41) is 11.7. The van der Waals surface area contributed by atoms with E-state index in [-0.39, 0.29) is 33.0 Å². The van der Waals surface area contributed by atoms with Gasteiger partial charge in [0.2, 0.25) is 5.11 Å². The lowest BCUT2D eigenvalue weighted by molar-refractivity contribution is -0.121. The number of hydrogen-bond acceptors (Lipinski definition) is 6. The van der Waals surface area contributed by atoms with Crippen LogP contribution in [-0.4, -0.2) is 42.0 Å². The monoisotopic (exact) mass is 464 g/mol. The number of aliphatic hydroxyl groups excluding tert-OH is 1. The average molecular weight is 465 g/mol. The van der Waals surface area contributed by atoms with Crippen LogP contribution in [0.2, 0.25) is 5.02 Å². The molecule has 154 valence electrons. The molecule has 0 aromatic heterocycles. The van der Waals surface area contributed by atoms with Crippen molar-refractivity contribution in [2.45, 2.75) is 4.90 Å². The number of hydrogen-bond donors (Lipinski definition) is 3. The predicted molar refractivity (Wildman–Crippen MR) is 113 cm³/mol. The van der Waals surface area contributed by atoms with Gasteiger partial charge in [0, 0.05) is 10.6 Å². The lowest BCUT2D eigenvalue weighted by atomic mass is 10.1. The molecule has 2 aliphatic rings. The summed E-state index contributed by atoms with van der Waals surface area (Å²) in [6.45, 7) is -0.257. The molecule has 9 nitrogen and oxygen atoms in total. The quantitative estimate of drug-likeness (QED) is 0.589. The molecule has 1 fully saturated rings. The number of aliphatic hydroxyl groups is 1. The molecule has 2 aromatic carbocycles. The van der Waals surface area contributed by atoms with Crippen LogP contribution in [0.15, 0.2) is 59.1 Å². The van der Waals surface area contributed by atoms with Crippen LogP contribution < -0.4 is 15.0 Å². The molecular weight excluding hydrogens is 452 g/mol. The van der Waals surface area contributed by atoms with E-state index in [1.807, 2.05) is 4.72 Å². The third-order valence-corrected chi connectivity index (χ3v) is 6.43. The molecule has 3 N–H and O–H groups in total. The van der Waals surface area contributed by atoms with Crippen molar-refractivity contribution in [3.63, 3.8) is 0 Å². The second kappa shape index (κ2) is 7.27. The van der Waals surface area contributed by atoms with Gasteiger partial charge in [0.25, 0.3) is 21.8 Å². The van der Waals surface area contributed by atoms with Gasteiger partial charge >= 0.3 is 0 Å². The summed E-state index contributed by atoms with van der Waals surface area (Å²) in [6, 6.07) is 12.4. The van der Waals surface area contributed by atoms with E-state index in [4.69, 9.17) is 23.8 Å². The minimum atomic E-state index is -4.15. The van der Waals surface area contributed by atoms with Crippen LogP contribution in [0.1, 0.15) is 5.56 Å². The lowest BCUT2D eigenvalue weighted by Crippen LogP contribution is -2.48. The minimum Gasteiger partial charge on any atom is -0.505 e. The van der Waals surface area contributed by atoms with Gasteiger partial charge in [-0.2, -0.15) is 0 Å². The van der Waals surface area contributed by atoms with Gasteiger partial charge in [0.1, 0.15) is 6.54 Å². The zero-order valence-corrected chi connectivity index (χ0v) is 17.4. The van der Waals surface area contributed by atoms with Gasteiger partial charge in [-0.1, -0.05) is 29.8 Å². The number of para-hydroxylation sites is 1. The molecular formula is C18H13ClN4O5S2. The molecule has 30 heavy (non-hydrogen) atoms. The fraction of sp³-hybridized carbons (Fsp3) is 0.0556. The standard InChI is InChI=1S/C18H13ClN4O5S2/c19-10-6-7-12-13(8-10)30(27,28)21-15(16(12)25)17(26)20-22-9-14(24)23(18(22)29)11-4-2-1-3-5-11/h1-8,21,25H,9H2,(H,20,26). The third kappa shape index (κ3) is 3.36. The number of hydrazine groups is 1. The number of sulfonamides is 1. The molecule has 0 radical (unpaired) electrons. The van der Waals surface area contributed by atoms with E-state index >= 15 is 0 Å². The van der Waals surface area contributed by atoms with Crippen molar-refractivity contribution in [3.8, 4) is 0 Å². The summed E-state index contributed by atoms with van der Waals surface area (Å²) in [6.07, 6.45) is 0. The zero-order valence-electron chi connectivity index (χ0n) is 15.0. The number of anilines is 1. The largest absolute Gasteiger partial charge is 0.505 e. The Morgan fingerprint density at radius 2 is 1.90 bits per heavy atom. The Bertz CT molecular complexity index is 1230. The Morgan fingerprint density at radius 3 is 2.60 bits per heavy atom. The van der Waals surface area contributed by atoms with Gasteiger partial charge < -0.3 is 5.11 Å². The Hall–Kier alpha value is -3.15. The Balaban J connectivity index is 1.62. The molecule has 4 rings (SSSR count). The highest BCUT2D eigenvalue weighted by Crippen LogP contribution is 2.31. The second-order valence-electron chi connectivity index (χ2n) is 6.34. The van der Waals surface area contributed by atoms with Crippen molar-refractivity contribution in [1.29, 1.82) is 0 Å². The van der Waals surface area contributed by atoms with Gasteiger partial charge in [-0.15, -0.1) is 0 Å². The van der Waals surface area contributed by atoms with Crippen molar-refractivity contribution >= 4 is 62.2 Å². The van der Waals surface area contributed by atoms with Crippen molar-refractivity contribution in [3.05, 3.63) is 64.8 Å². The summed E-state index contributed by atoms with van der Waals surface area (Å²) in [5.41, 5.74) is 2.21. The molecule has 0 unspecified atom stereocenters. The van der Waals surface area contributed by atoms with E-state index in [0.29, 0.717) is 5.69 Å². The maximum Gasteiger partial charge on any atom is 0.290 e. The second-order valence-corrected chi connectivity index (χ2v) is 8.80. The molecule has 0 atom stereocenters. The van der Waals surface area contributed by atoms with E-state index < -0.39 is 27.4 Å². The lowest BCUT2D eigenvalue weighted by Gasteiger charge is -2.24. The molecule has 0 saturated carbocycles. The van der Waals surface area contributed by atoms with Crippen molar-refractivity contribution in [2.24, 2.45) is 0 Å². The van der Waals surface area contributed by atoms with Gasteiger partial charge in [-0.05, 0) is 42.5 Å². The first-order chi connectivity index (χ1) is 14.2. The number of benzene rings is 2. The zero-order chi connectivity index (χ0) is 21.6. The van der Waals surface area contributed by atoms with Crippen LogP contribution in [0, 0.1) is 0 Å². The summed E-state index contributed by atoms with van der Waals surface area (Å²) >= 11 is 11.1. The molecule has 1 saturated heterocycles. The van der Waals surface area contributed by atoms with E-state index in [9.17, 15) is 23.1 Å². The molecule has 2 amide bonds. The molecule has 0 bridgehead atoms. The van der Waals surface area contributed by atoms with E-state index in [2.05, 4.69) is 5.43 Å². The van der Waals surface area contributed by atoms with Gasteiger partial charge in [-0.3, -0.25) is 29.6 Å². The van der Waals surface area contributed by atoms with Gasteiger partial charge in [0.05, 0.1) is 10.6 Å². The first-order valence-corrected chi connectivity index (χ1v) is 10.7. The number of carbonyl (C=O) groups is 2. The van der Waals surface area contributed by atoms with Crippen LogP contribution in [0.3, 0.4) is 0 Å². The number of carbonyl (C=O) groups excluding carboxylic acids is 2. The van der Waals surface area contributed by atoms with Gasteiger partial charge in [-0.25, -0.2) is 8.42 Å².